The van der Waals surface area contributed by atoms with Crippen molar-refractivity contribution in [3.8, 4) is 0 Å². The summed E-state index contributed by atoms with van der Waals surface area (Å²) in [5, 5.41) is 2.46. The molecule has 1 aliphatic rings. The number of fused-ring (bicyclic) bond motifs is 1. The minimum atomic E-state index is -3.56. The number of hydrogen-bond donors (Lipinski definition) is 1. The highest BCUT2D eigenvalue weighted by Crippen LogP contribution is 2.26. The Balaban J connectivity index is 1.56. The molecule has 182 valence electrons. The first-order valence-corrected chi connectivity index (χ1v) is 13.0. The molecule has 2 heterocycles. The summed E-state index contributed by atoms with van der Waals surface area (Å²) in [5.74, 6) is -1.31. The van der Waals surface area contributed by atoms with Crippen LogP contribution in [-0.4, -0.2) is 41.3 Å². The fourth-order valence-electron chi connectivity index (χ4n) is 4.18. The van der Waals surface area contributed by atoms with Crippen molar-refractivity contribution in [3.63, 3.8) is 0 Å². The van der Waals surface area contributed by atoms with Gasteiger partial charge in [0.25, 0.3) is 0 Å². The maximum absolute atomic E-state index is 13.8. The Hall–Kier alpha value is -2.85. The van der Waals surface area contributed by atoms with E-state index in [0.29, 0.717) is 43.5 Å². The van der Waals surface area contributed by atoms with Crippen molar-refractivity contribution in [2.24, 2.45) is 0 Å². The Morgan fingerprint density at radius 1 is 1.12 bits per heavy atom. The molecule has 1 aromatic heterocycles. The van der Waals surface area contributed by atoms with Crippen molar-refractivity contribution in [1.29, 1.82) is 0 Å². The van der Waals surface area contributed by atoms with Crippen LogP contribution >= 0.6 is 0 Å². The predicted molar refractivity (Wildman–Crippen MR) is 126 cm³/mol. The quantitative estimate of drug-likeness (QED) is 0.480. The van der Waals surface area contributed by atoms with Crippen molar-refractivity contribution in [1.82, 2.24) is 13.9 Å². The van der Waals surface area contributed by atoms with E-state index in [1.807, 2.05) is 4.57 Å². The molecule has 1 saturated heterocycles. The van der Waals surface area contributed by atoms with Crippen LogP contribution in [0.15, 0.2) is 41.3 Å². The monoisotopic (exact) mass is 490 g/mol. The maximum atomic E-state index is 13.8. The maximum Gasteiger partial charge on any atom is 0.243 e. The lowest BCUT2D eigenvalue weighted by Crippen LogP contribution is -2.27. The van der Waals surface area contributed by atoms with Gasteiger partial charge in [-0.1, -0.05) is 13.3 Å². The third-order valence-electron chi connectivity index (χ3n) is 6.02. The fourth-order valence-corrected chi connectivity index (χ4v) is 5.72. The number of sulfonamides is 1. The lowest BCUT2D eigenvalue weighted by atomic mass is 10.2. The number of aryl methyl sites for hydroxylation is 2. The van der Waals surface area contributed by atoms with Crippen LogP contribution in [0.5, 0.6) is 0 Å². The minimum Gasteiger partial charge on any atom is -0.328 e. The van der Waals surface area contributed by atoms with Crippen LogP contribution in [0, 0.1) is 11.6 Å². The van der Waals surface area contributed by atoms with E-state index in [1.165, 1.54) is 10.4 Å². The summed E-state index contributed by atoms with van der Waals surface area (Å²) >= 11 is 0. The van der Waals surface area contributed by atoms with E-state index in [2.05, 4.69) is 17.2 Å². The standard InChI is InChI=1S/C24H28F2N4O3S/c1-2-3-14-30-22-9-7-18(34(32,33)29-12-4-5-13-29)16-21(22)27-23(30)10-11-24(31)28-20-8-6-17(25)15-19(20)26/h6-9,15-16H,2-5,10-14H2,1H3,(H,28,31). The summed E-state index contributed by atoms with van der Waals surface area (Å²) in [5.41, 5.74) is 1.30. The number of nitrogens with zero attached hydrogens (tertiary/aromatic N) is 3. The molecule has 0 atom stereocenters. The first-order chi connectivity index (χ1) is 16.3. The number of benzene rings is 2. The molecule has 4 rings (SSSR count). The normalized spacial score (nSPS) is 14.7. The number of carbonyl (C=O) groups is 1. The van der Waals surface area contributed by atoms with E-state index >= 15 is 0 Å². The van der Waals surface area contributed by atoms with E-state index < -0.39 is 27.6 Å². The van der Waals surface area contributed by atoms with E-state index in [-0.39, 0.29) is 17.0 Å². The highest BCUT2D eigenvalue weighted by Gasteiger charge is 2.28. The molecule has 34 heavy (non-hydrogen) atoms. The zero-order valence-corrected chi connectivity index (χ0v) is 19.9. The van der Waals surface area contributed by atoms with Gasteiger partial charge in [0.2, 0.25) is 15.9 Å². The molecule has 1 amide bonds. The SMILES string of the molecule is CCCCn1c(CCC(=O)Nc2ccc(F)cc2F)nc2cc(S(=O)(=O)N3CCCC3)ccc21. The zero-order chi connectivity index (χ0) is 24.3. The second-order valence-electron chi connectivity index (χ2n) is 8.47. The second kappa shape index (κ2) is 10.2. The smallest absolute Gasteiger partial charge is 0.243 e. The summed E-state index contributed by atoms with van der Waals surface area (Å²) in [6.07, 6.45) is 3.93. The van der Waals surface area contributed by atoms with Gasteiger partial charge in [-0.3, -0.25) is 4.79 Å². The fraction of sp³-hybridized carbons (Fsp3) is 0.417. The Kier molecular flexibility index (Phi) is 7.27. The molecule has 0 spiro atoms. The van der Waals surface area contributed by atoms with E-state index in [0.717, 1.165) is 37.3 Å². The molecular weight excluding hydrogens is 462 g/mol. The minimum absolute atomic E-state index is 0.0468. The molecule has 2 aromatic carbocycles. The van der Waals surface area contributed by atoms with Gasteiger partial charge in [-0.2, -0.15) is 4.31 Å². The van der Waals surface area contributed by atoms with Crippen molar-refractivity contribution in [2.75, 3.05) is 18.4 Å². The summed E-state index contributed by atoms with van der Waals surface area (Å²) in [6, 6.07) is 7.97. The number of aromatic nitrogens is 2. The number of nitrogens with one attached hydrogen (secondary N) is 1. The third kappa shape index (κ3) is 5.12. The van der Waals surface area contributed by atoms with Gasteiger partial charge in [-0.25, -0.2) is 22.2 Å². The van der Waals surface area contributed by atoms with Crippen LogP contribution in [0.1, 0.15) is 44.9 Å². The van der Waals surface area contributed by atoms with Crippen molar-refractivity contribution < 1.29 is 22.0 Å². The van der Waals surface area contributed by atoms with Crippen LogP contribution in [0.25, 0.3) is 11.0 Å². The number of hydrogen-bond acceptors (Lipinski definition) is 4. The molecule has 0 bridgehead atoms. The van der Waals surface area contributed by atoms with Gasteiger partial charge < -0.3 is 9.88 Å². The largest absolute Gasteiger partial charge is 0.328 e. The van der Waals surface area contributed by atoms with Crippen LogP contribution in [-0.2, 0) is 27.8 Å². The van der Waals surface area contributed by atoms with Gasteiger partial charge >= 0.3 is 0 Å². The van der Waals surface area contributed by atoms with Crippen LogP contribution in [0.3, 0.4) is 0 Å². The first-order valence-electron chi connectivity index (χ1n) is 11.5. The highest BCUT2D eigenvalue weighted by molar-refractivity contribution is 7.89. The van der Waals surface area contributed by atoms with E-state index in [9.17, 15) is 22.0 Å². The number of rotatable bonds is 9. The number of amides is 1. The lowest BCUT2D eigenvalue weighted by molar-refractivity contribution is -0.116. The molecule has 10 heteroatoms. The number of imidazole rings is 1. The number of unbranched alkanes of at least 4 members (excludes halogenated alkanes) is 1. The molecule has 1 N–H and O–H groups in total. The molecule has 1 fully saturated rings. The zero-order valence-electron chi connectivity index (χ0n) is 19.1. The van der Waals surface area contributed by atoms with E-state index in [1.54, 1.807) is 18.2 Å². The molecule has 0 radical (unpaired) electrons. The first kappa shape index (κ1) is 24.3. The van der Waals surface area contributed by atoms with Gasteiger partial charge in [0.1, 0.15) is 17.5 Å². The second-order valence-corrected chi connectivity index (χ2v) is 10.4. The average molecular weight is 491 g/mol. The van der Waals surface area contributed by atoms with Gasteiger partial charge in [0.05, 0.1) is 21.6 Å². The van der Waals surface area contributed by atoms with Crippen LogP contribution in [0.2, 0.25) is 0 Å². The summed E-state index contributed by atoms with van der Waals surface area (Å²) in [7, 11) is -3.56. The molecule has 7 nitrogen and oxygen atoms in total. The van der Waals surface area contributed by atoms with Gasteiger partial charge in [-0.05, 0) is 49.6 Å². The molecular formula is C24H28F2N4O3S. The van der Waals surface area contributed by atoms with Crippen LogP contribution in [0.4, 0.5) is 14.5 Å². The average Bonchev–Trinajstić information content (AvgIpc) is 3.46. The Bertz CT molecular complexity index is 1300. The molecule has 3 aromatic rings. The van der Waals surface area contributed by atoms with Gasteiger partial charge in [-0.15, -0.1) is 0 Å². The Morgan fingerprint density at radius 3 is 2.59 bits per heavy atom. The van der Waals surface area contributed by atoms with Crippen molar-refractivity contribution in [3.05, 3.63) is 53.9 Å². The highest BCUT2D eigenvalue weighted by atomic mass is 32.2. The third-order valence-corrected chi connectivity index (χ3v) is 7.91. The van der Waals surface area contributed by atoms with Crippen LogP contribution < -0.4 is 5.32 Å². The molecule has 0 saturated carbocycles. The van der Waals surface area contributed by atoms with Crippen molar-refractivity contribution >= 4 is 32.7 Å². The molecule has 0 unspecified atom stereocenters. The summed E-state index contributed by atoms with van der Waals surface area (Å²) < 4.78 is 56.4. The number of carbonyl (C=O) groups excluding carboxylic acids is 1. The summed E-state index contributed by atoms with van der Waals surface area (Å²) in [4.78, 5) is 17.3. The number of halogens is 2. The Labute approximate surface area is 197 Å². The topological polar surface area (TPSA) is 84.3 Å². The molecule has 1 aliphatic heterocycles. The van der Waals surface area contributed by atoms with E-state index in [4.69, 9.17) is 0 Å². The van der Waals surface area contributed by atoms with Gasteiger partial charge in [0.15, 0.2) is 0 Å². The summed E-state index contributed by atoms with van der Waals surface area (Å²) in [6.45, 7) is 3.82. The Morgan fingerprint density at radius 2 is 1.88 bits per heavy atom. The predicted octanol–water partition coefficient (Wildman–Crippen LogP) is 4.47. The van der Waals surface area contributed by atoms with Gasteiger partial charge in [0, 0.05) is 38.5 Å². The number of anilines is 1. The lowest BCUT2D eigenvalue weighted by Gasteiger charge is -2.15. The van der Waals surface area contributed by atoms with Crippen molar-refractivity contribution in [2.45, 2.75) is 56.9 Å². The molecule has 0 aliphatic carbocycles.